The molecule has 0 aliphatic rings. The summed E-state index contributed by atoms with van der Waals surface area (Å²) in [6.45, 7) is 5.67. The molecule has 0 aromatic heterocycles. The molecular weight excluding hydrogens is 675 g/mol. The summed E-state index contributed by atoms with van der Waals surface area (Å²) in [5.41, 5.74) is 5.77. The molecule has 0 aliphatic heterocycles. The number of hydrogen-bond donors (Lipinski definition) is 6. The average molecular weight is 732 g/mol. The van der Waals surface area contributed by atoms with Gasteiger partial charge in [-0.15, -0.1) is 0 Å². The van der Waals surface area contributed by atoms with Crippen molar-refractivity contribution in [2.24, 2.45) is 11.7 Å². The lowest BCUT2D eigenvalue weighted by Crippen LogP contribution is -2.59. The monoisotopic (exact) mass is 731 g/mol. The van der Waals surface area contributed by atoms with Gasteiger partial charge in [0.15, 0.2) is 6.10 Å². The SMILES string of the molecule is CCCCCCCCCC(=O)N[C@H](C(=O)N[C@@H](Cc1ccccc1)C(=O)N[C@@H](CCSC)C(=O)NC(CCC(N)=O)C(O)C(F)(F)F)C(C)C. The lowest BCUT2D eigenvalue weighted by Gasteiger charge is -2.29. The number of carbonyl (C=O) groups excluding carboxylic acids is 5. The number of primary amides is 1. The van der Waals surface area contributed by atoms with Gasteiger partial charge in [-0.2, -0.15) is 24.9 Å². The van der Waals surface area contributed by atoms with Crippen molar-refractivity contribution in [1.29, 1.82) is 0 Å². The van der Waals surface area contributed by atoms with Crippen molar-refractivity contribution < 1.29 is 42.3 Å². The van der Waals surface area contributed by atoms with Crippen molar-refractivity contribution in [3.63, 3.8) is 0 Å². The maximum absolute atomic E-state index is 13.7. The molecule has 0 radical (unpaired) electrons. The van der Waals surface area contributed by atoms with Crippen LogP contribution in [0.3, 0.4) is 0 Å². The minimum atomic E-state index is -5.10. The number of unbranched alkanes of at least 4 members (excludes halogenated alkanes) is 6. The van der Waals surface area contributed by atoms with E-state index in [2.05, 4.69) is 28.2 Å². The molecule has 11 nitrogen and oxygen atoms in total. The van der Waals surface area contributed by atoms with E-state index in [-0.39, 0.29) is 31.1 Å². The van der Waals surface area contributed by atoms with E-state index in [1.165, 1.54) is 18.2 Å². The maximum atomic E-state index is 13.7. The van der Waals surface area contributed by atoms with Gasteiger partial charge < -0.3 is 32.1 Å². The lowest BCUT2D eigenvalue weighted by molar-refractivity contribution is -0.212. The molecule has 1 aromatic carbocycles. The second-order valence-electron chi connectivity index (χ2n) is 12.9. The van der Waals surface area contributed by atoms with Crippen molar-refractivity contribution in [3.05, 3.63) is 35.9 Å². The summed E-state index contributed by atoms with van der Waals surface area (Å²) in [5.74, 6) is -3.57. The van der Waals surface area contributed by atoms with Crippen LogP contribution in [0.1, 0.15) is 97.0 Å². The molecule has 0 bridgehead atoms. The number of nitrogens with one attached hydrogen (secondary N) is 4. The Labute approximate surface area is 298 Å². The Morgan fingerprint density at radius 2 is 1.38 bits per heavy atom. The number of alkyl halides is 3. The van der Waals surface area contributed by atoms with Crippen molar-refractivity contribution in [2.45, 2.75) is 134 Å². The smallest absolute Gasteiger partial charge is 0.382 e. The first kappa shape index (κ1) is 44.7. The van der Waals surface area contributed by atoms with Crippen LogP contribution in [-0.2, 0) is 30.4 Å². The number of rotatable bonds is 25. The quantitative estimate of drug-likeness (QED) is 0.0826. The first-order valence-corrected chi connectivity index (χ1v) is 18.8. The summed E-state index contributed by atoms with van der Waals surface area (Å²) in [7, 11) is 0. The predicted molar refractivity (Wildman–Crippen MR) is 189 cm³/mol. The van der Waals surface area contributed by atoms with E-state index in [4.69, 9.17) is 5.73 Å². The number of halogens is 3. The fraction of sp³-hybridized carbons (Fsp3) is 0.686. The summed E-state index contributed by atoms with van der Waals surface area (Å²) < 4.78 is 40.2. The van der Waals surface area contributed by atoms with Crippen LogP contribution in [0.5, 0.6) is 0 Å². The Balaban J connectivity index is 3.14. The summed E-state index contributed by atoms with van der Waals surface area (Å²) in [5, 5.41) is 20.1. The van der Waals surface area contributed by atoms with E-state index < -0.39 is 72.9 Å². The largest absolute Gasteiger partial charge is 0.416 e. The highest BCUT2D eigenvalue weighted by Gasteiger charge is 2.44. The van der Waals surface area contributed by atoms with Gasteiger partial charge in [-0.25, -0.2) is 0 Å². The highest BCUT2D eigenvalue weighted by molar-refractivity contribution is 7.98. The van der Waals surface area contributed by atoms with Crippen molar-refractivity contribution in [2.75, 3.05) is 12.0 Å². The molecule has 0 saturated heterocycles. The first-order chi connectivity index (χ1) is 23.6. The summed E-state index contributed by atoms with van der Waals surface area (Å²) >= 11 is 1.33. The van der Waals surface area contributed by atoms with Crippen LogP contribution in [0.15, 0.2) is 30.3 Å². The zero-order chi connectivity index (χ0) is 37.7. The Hall–Kier alpha value is -3.33. The third-order valence-electron chi connectivity index (χ3n) is 8.18. The predicted octanol–water partition coefficient (Wildman–Crippen LogP) is 3.91. The number of carbonyl (C=O) groups is 5. The van der Waals surface area contributed by atoms with Crippen molar-refractivity contribution >= 4 is 41.3 Å². The molecule has 0 aliphatic carbocycles. The second kappa shape index (κ2) is 24.0. The Bertz CT molecular complexity index is 1190. The van der Waals surface area contributed by atoms with Gasteiger partial charge in [0, 0.05) is 19.3 Å². The number of aliphatic hydroxyl groups is 1. The highest BCUT2D eigenvalue weighted by atomic mass is 32.2. The van der Waals surface area contributed by atoms with Crippen LogP contribution < -0.4 is 27.0 Å². The standard InChI is InChI=1S/C35H56F3N5O6S/c1-5-6-7-8-9-10-14-17-29(45)43-30(23(2)3)34(49)42-27(22-24-15-12-11-13-16-24)33(48)41-26(20-21-50-4)32(47)40-25(18-19-28(39)44)31(46)35(36,37)38/h11-13,15-16,23,25-27,30-31,46H,5-10,14,17-22H2,1-4H3,(H2,39,44)(H,40,47)(H,41,48)(H,42,49)(H,43,45)/t25?,26-,27-,30-,31?/m0/s1. The third-order valence-corrected chi connectivity index (χ3v) is 8.82. The van der Waals surface area contributed by atoms with Crippen molar-refractivity contribution in [1.82, 2.24) is 21.3 Å². The molecule has 5 atom stereocenters. The molecule has 0 heterocycles. The average Bonchev–Trinajstić information content (AvgIpc) is 3.05. The molecule has 2 unspecified atom stereocenters. The fourth-order valence-electron chi connectivity index (χ4n) is 5.24. The molecule has 1 rings (SSSR count). The van der Waals surface area contributed by atoms with E-state index in [1.54, 1.807) is 50.4 Å². The summed E-state index contributed by atoms with van der Waals surface area (Å²) in [4.78, 5) is 64.7. The van der Waals surface area contributed by atoms with Crippen LogP contribution in [-0.4, -0.2) is 83.1 Å². The highest BCUT2D eigenvalue weighted by Crippen LogP contribution is 2.24. The lowest BCUT2D eigenvalue weighted by atomic mass is 10.00. The first-order valence-electron chi connectivity index (χ1n) is 17.4. The number of amides is 5. The number of aliphatic hydroxyl groups excluding tert-OH is 1. The Kier molecular flexibility index (Phi) is 21.4. The zero-order valence-corrected chi connectivity index (χ0v) is 30.5. The van der Waals surface area contributed by atoms with Crippen LogP contribution in [0, 0.1) is 5.92 Å². The Morgan fingerprint density at radius 3 is 1.94 bits per heavy atom. The second-order valence-corrected chi connectivity index (χ2v) is 13.8. The number of nitrogens with two attached hydrogens (primary N) is 1. The summed E-state index contributed by atoms with van der Waals surface area (Å²) in [6, 6.07) is 3.35. The van der Waals surface area contributed by atoms with E-state index in [9.17, 15) is 42.3 Å². The van der Waals surface area contributed by atoms with Gasteiger partial charge in [0.05, 0.1) is 6.04 Å². The van der Waals surface area contributed by atoms with Crippen LogP contribution in [0.2, 0.25) is 0 Å². The normalized spacial score (nSPS) is 14.6. The minimum absolute atomic E-state index is 0.0126. The molecule has 15 heteroatoms. The van der Waals surface area contributed by atoms with Crippen LogP contribution in [0.25, 0.3) is 0 Å². The van der Waals surface area contributed by atoms with Gasteiger partial charge in [0.1, 0.15) is 18.1 Å². The molecule has 0 saturated carbocycles. The van der Waals surface area contributed by atoms with E-state index in [0.717, 1.165) is 32.1 Å². The minimum Gasteiger partial charge on any atom is -0.382 e. The van der Waals surface area contributed by atoms with E-state index in [1.807, 2.05) is 0 Å². The maximum Gasteiger partial charge on any atom is 0.416 e. The number of hydrogen-bond acceptors (Lipinski definition) is 7. The van der Waals surface area contributed by atoms with Gasteiger partial charge in [0.25, 0.3) is 0 Å². The zero-order valence-electron chi connectivity index (χ0n) is 29.7. The molecule has 0 spiro atoms. The number of thioether (sulfide) groups is 1. The fourth-order valence-corrected chi connectivity index (χ4v) is 5.71. The van der Waals surface area contributed by atoms with Crippen LogP contribution >= 0.6 is 11.8 Å². The summed E-state index contributed by atoms with van der Waals surface area (Å²) in [6.07, 6.45) is 0.0653. The van der Waals surface area contributed by atoms with Gasteiger partial charge in [-0.1, -0.05) is 89.6 Å². The Morgan fingerprint density at radius 1 is 0.800 bits per heavy atom. The molecule has 1 aromatic rings. The van der Waals surface area contributed by atoms with Gasteiger partial charge >= 0.3 is 6.18 Å². The molecule has 284 valence electrons. The number of benzene rings is 1. The molecule has 7 N–H and O–H groups in total. The van der Waals surface area contributed by atoms with E-state index >= 15 is 0 Å². The van der Waals surface area contributed by atoms with Gasteiger partial charge in [-0.05, 0) is 42.8 Å². The van der Waals surface area contributed by atoms with Crippen molar-refractivity contribution in [3.8, 4) is 0 Å². The molecular formula is C35H56F3N5O6S. The van der Waals surface area contributed by atoms with Gasteiger partial charge in [0.2, 0.25) is 29.5 Å². The van der Waals surface area contributed by atoms with Gasteiger partial charge in [-0.3, -0.25) is 24.0 Å². The topological polar surface area (TPSA) is 180 Å². The molecule has 5 amide bonds. The molecule has 0 fully saturated rings. The third kappa shape index (κ3) is 18.1. The molecule has 50 heavy (non-hydrogen) atoms. The van der Waals surface area contributed by atoms with Crippen LogP contribution in [0.4, 0.5) is 13.2 Å². The van der Waals surface area contributed by atoms with E-state index in [0.29, 0.717) is 17.7 Å².